The lowest BCUT2D eigenvalue weighted by atomic mass is 10.0. The highest BCUT2D eigenvalue weighted by Gasteiger charge is 2.28. The van der Waals surface area contributed by atoms with Crippen LogP contribution >= 0.6 is 0 Å². The van der Waals surface area contributed by atoms with Crippen molar-refractivity contribution in [2.45, 2.75) is 12.7 Å². The molecule has 6 heteroatoms. The topological polar surface area (TPSA) is 50.9 Å². The van der Waals surface area contributed by atoms with Crippen molar-refractivity contribution < 1.29 is 4.79 Å². The highest BCUT2D eigenvalue weighted by atomic mass is 16.2. The molecule has 2 heterocycles. The monoisotopic (exact) mass is 365 g/mol. The molecule has 0 aliphatic carbocycles. The molecule has 4 rings (SSSR count). The zero-order chi connectivity index (χ0) is 18.8. The Hall–Kier alpha value is -2.73. The summed E-state index contributed by atoms with van der Waals surface area (Å²) >= 11 is 0. The van der Waals surface area contributed by atoms with Crippen LogP contribution in [0.2, 0.25) is 0 Å². The molecule has 6 nitrogen and oxygen atoms in total. The van der Waals surface area contributed by atoms with Crippen LogP contribution in [0.1, 0.15) is 17.3 Å². The number of anilines is 2. The Morgan fingerprint density at radius 2 is 1.85 bits per heavy atom. The Morgan fingerprint density at radius 1 is 1.07 bits per heavy atom. The van der Waals surface area contributed by atoms with E-state index >= 15 is 0 Å². The second-order valence-electron chi connectivity index (χ2n) is 7.38. The molecule has 0 bridgehead atoms. The first kappa shape index (κ1) is 17.7. The van der Waals surface area contributed by atoms with Gasteiger partial charge in [0.05, 0.1) is 0 Å². The van der Waals surface area contributed by atoms with Crippen LogP contribution in [0, 0.1) is 0 Å². The minimum Gasteiger partial charge on any atom is -0.378 e. The minimum absolute atomic E-state index is 0.0484. The molecule has 1 atom stereocenters. The summed E-state index contributed by atoms with van der Waals surface area (Å²) in [7, 11) is 4.11. The number of nitrogens with zero attached hydrogens (tertiary/aromatic N) is 3. The summed E-state index contributed by atoms with van der Waals surface area (Å²) < 4.78 is 0. The van der Waals surface area contributed by atoms with E-state index in [2.05, 4.69) is 83.1 Å². The summed E-state index contributed by atoms with van der Waals surface area (Å²) in [6, 6.07) is 17.2. The number of urea groups is 1. The third-order valence-corrected chi connectivity index (χ3v) is 5.38. The summed E-state index contributed by atoms with van der Waals surface area (Å²) in [5, 5.41) is 6.57. The number of rotatable bonds is 5. The van der Waals surface area contributed by atoms with E-state index in [4.69, 9.17) is 0 Å². The van der Waals surface area contributed by atoms with Crippen molar-refractivity contribution in [3.63, 3.8) is 0 Å². The number of carbonyl (C=O) groups is 1. The van der Waals surface area contributed by atoms with E-state index in [9.17, 15) is 4.79 Å². The van der Waals surface area contributed by atoms with E-state index in [0.717, 1.165) is 32.7 Å². The van der Waals surface area contributed by atoms with Crippen LogP contribution in [0.15, 0.2) is 48.5 Å². The Labute approximate surface area is 160 Å². The third-order valence-electron chi connectivity index (χ3n) is 5.38. The van der Waals surface area contributed by atoms with Crippen LogP contribution in [-0.2, 0) is 6.54 Å². The number of para-hydroxylation sites is 1. The van der Waals surface area contributed by atoms with Gasteiger partial charge in [0.2, 0.25) is 0 Å². The van der Waals surface area contributed by atoms with Gasteiger partial charge in [-0.3, -0.25) is 4.90 Å². The van der Waals surface area contributed by atoms with Gasteiger partial charge in [-0.1, -0.05) is 30.3 Å². The molecular weight excluding hydrogens is 338 g/mol. The van der Waals surface area contributed by atoms with Crippen LogP contribution in [0.3, 0.4) is 0 Å². The van der Waals surface area contributed by atoms with Gasteiger partial charge in [-0.05, 0) is 29.3 Å². The second-order valence-corrected chi connectivity index (χ2v) is 7.38. The lowest BCUT2D eigenvalue weighted by Crippen LogP contribution is -2.42. The van der Waals surface area contributed by atoms with Gasteiger partial charge in [0.15, 0.2) is 0 Å². The van der Waals surface area contributed by atoms with E-state index in [-0.39, 0.29) is 12.2 Å². The number of benzene rings is 2. The molecule has 2 amide bonds. The number of hydrogen-bond acceptors (Lipinski definition) is 4. The quantitative estimate of drug-likeness (QED) is 0.855. The normalized spacial score (nSPS) is 19.4. The number of hydrogen-bond donors (Lipinski definition) is 2. The molecule has 2 N–H and O–H groups in total. The number of amides is 2. The molecule has 0 spiro atoms. The first-order chi connectivity index (χ1) is 13.1. The molecule has 2 aromatic rings. The SMILES string of the molecule is CN(C)c1ccc(C2Nc3ccccc3CN2CCN2CCNC2=O)cc1. The molecular formula is C21H27N5O. The van der Waals surface area contributed by atoms with E-state index in [1.54, 1.807) is 0 Å². The highest BCUT2D eigenvalue weighted by molar-refractivity contribution is 5.76. The van der Waals surface area contributed by atoms with Crippen molar-refractivity contribution in [2.75, 3.05) is 50.5 Å². The summed E-state index contributed by atoms with van der Waals surface area (Å²) in [6.07, 6.45) is 0.0989. The standard InChI is InChI=1S/C21H27N5O/c1-24(2)18-9-7-16(8-10-18)20-23-19-6-4-3-5-17(19)15-26(20)14-13-25-12-11-22-21(25)27/h3-10,20,23H,11-15H2,1-2H3,(H,22,27). The molecule has 0 radical (unpaired) electrons. The Balaban J connectivity index is 1.56. The zero-order valence-electron chi connectivity index (χ0n) is 16.0. The number of fused-ring (bicyclic) bond motifs is 1. The Morgan fingerprint density at radius 3 is 2.56 bits per heavy atom. The maximum absolute atomic E-state index is 11.9. The van der Waals surface area contributed by atoms with Gasteiger partial charge >= 0.3 is 6.03 Å². The van der Waals surface area contributed by atoms with Crippen molar-refractivity contribution in [3.05, 3.63) is 59.7 Å². The predicted octanol–water partition coefficient (Wildman–Crippen LogP) is 2.70. The molecule has 2 aromatic carbocycles. The molecule has 142 valence electrons. The second kappa shape index (κ2) is 7.48. The minimum atomic E-state index is 0.0484. The number of nitrogens with one attached hydrogen (secondary N) is 2. The molecule has 2 aliphatic rings. The summed E-state index contributed by atoms with van der Waals surface area (Å²) in [5.41, 5.74) is 4.91. The Bertz CT molecular complexity index is 804. The maximum atomic E-state index is 11.9. The first-order valence-electron chi connectivity index (χ1n) is 9.50. The van der Waals surface area contributed by atoms with Crippen molar-refractivity contribution in [2.24, 2.45) is 0 Å². The molecule has 0 aromatic heterocycles. The Kier molecular flexibility index (Phi) is 4.90. The van der Waals surface area contributed by atoms with Gasteiger partial charge in [0.1, 0.15) is 6.17 Å². The fourth-order valence-electron chi connectivity index (χ4n) is 3.78. The molecule has 0 saturated carbocycles. The zero-order valence-corrected chi connectivity index (χ0v) is 16.0. The summed E-state index contributed by atoms with van der Waals surface area (Å²) in [5.74, 6) is 0. The fourth-order valence-corrected chi connectivity index (χ4v) is 3.78. The van der Waals surface area contributed by atoms with Crippen molar-refractivity contribution >= 4 is 17.4 Å². The first-order valence-corrected chi connectivity index (χ1v) is 9.50. The fraction of sp³-hybridized carbons (Fsp3) is 0.381. The van der Waals surface area contributed by atoms with Gasteiger partial charge < -0.3 is 20.4 Å². The number of carbonyl (C=O) groups excluding carboxylic acids is 1. The van der Waals surface area contributed by atoms with E-state index < -0.39 is 0 Å². The smallest absolute Gasteiger partial charge is 0.317 e. The molecule has 1 unspecified atom stereocenters. The van der Waals surface area contributed by atoms with E-state index in [1.807, 2.05) is 4.90 Å². The maximum Gasteiger partial charge on any atom is 0.317 e. The average Bonchev–Trinajstić information content (AvgIpc) is 3.10. The summed E-state index contributed by atoms with van der Waals surface area (Å²) in [6.45, 7) is 3.98. The predicted molar refractivity (Wildman–Crippen MR) is 109 cm³/mol. The van der Waals surface area contributed by atoms with Crippen molar-refractivity contribution in [1.82, 2.24) is 15.1 Å². The van der Waals surface area contributed by atoms with Gasteiger partial charge in [0.25, 0.3) is 0 Å². The summed E-state index contributed by atoms with van der Waals surface area (Å²) in [4.78, 5) is 18.3. The average molecular weight is 365 g/mol. The van der Waals surface area contributed by atoms with Crippen molar-refractivity contribution in [1.29, 1.82) is 0 Å². The highest BCUT2D eigenvalue weighted by Crippen LogP contribution is 2.33. The van der Waals surface area contributed by atoms with Gasteiger partial charge in [-0.2, -0.15) is 0 Å². The third kappa shape index (κ3) is 3.71. The van der Waals surface area contributed by atoms with Crippen LogP contribution in [0.4, 0.5) is 16.2 Å². The lowest BCUT2D eigenvalue weighted by Gasteiger charge is -2.39. The largest absolute Gasteiger partial charge is 0.378 e. The van der Waals surface area contributed by atoms with Crippen molar-refractivity contribution in [3.8, 4) is 0 Å². The van der Waals surface area contributed by atoms with Crippen LogP contribution in [0.5, 0.6) is 0 Å². The molecule has 27 heavy (non-hydrogen) atoms. The van der Waals surface area contributed by atoms with E-state index in [1.165, 1.54) is 22.5 Å². The van der Waals surface area contributed by atoms with Gasteiger partial charge in [-0.15, -0.1) is 0 Å². The van der Waals surface area contributed by atoms with Gasteiger partial charge in [0, 0.05) is 58.2 Å². The van der Waals surface area contributed by atoms with Gasteiger partial charge in [-0.25, -0.2) is 4.79 Å². The molecule has 2 aliphatic heterocycles. The van der Waals surface area contributed by atoms with E-state index in [0.29, 0.717) is 0 Å². The molecule has 1 fully saturated rings. The van der Waals surface area contributed by atoms with Crippen LogP contribution < -0.4 is 15.5 Å². The van der Waals surface area contributed by atoms with Crippen LogP contribution in [-0.4, -0.2) is 56.1 Å². The molecule has 1 saturated heterocycles. The van der Waals surface area contributed by atoms with Crippen LogP contribution in [0.25, 0.3) is 0 Å². The lowest BCUT2D eigenvalue weighted by molar-refractivity contribution is 0.170.